The van der Waals surface area contributed by atoms with E-state index < -0.39 is 12.0 Å². The molecule has 1 heterocycles. The van der Waals surface area contributed by atoms with E-state index in [0.717, 1.165) is 16.5 Å². The van der Waals surface area contributed by atoms with Crippen LogP contribution < -0.4 is 0 Å². The molecule has 0 bridgehead atoms. The fourth-order valence-electron chi connectivity index (χ4n) is 1.32. The summed E-state index contributed by atoms with van der Waals surface area (Å²) in [6, 6.07) is 0. The van der Waals surface area contributed by atoms with Crippen LogP contribution in [0.5, 0.6) is 0 Å². The van der Waals surface area contributed by atoms with Crippen molar-refractivity contribution in [2.75, 3.05) is 0 Å². The maximum Gasteiger partial charge on any atom is 0.397 e. The minimum Gasteiger partial charge on any atom is -0.373 e. The molecule has 0 N–H and O–H groups in total. The van der Waals surface area contributed by atoms with E-state index in [9.17, 15) is 9.18 Å². The molecule has 1 unspecified atom stereocenters. The molecule has 1 aromatic rings. The van der Waals surface area contributed by atoms with Crippen molar-refractivity contribution in [3.05, 3.63) is 17.5 Å². The third kappa shape index (κ3) is 0.924. The molecule has 0 aliphatic heterocycles. The van der Waals surface area contributed by atoms with E-state index in [1.54, 1.807) is 9.86 Å². The Balaban J connectivity index is 2.52. The fraction of sp³-hybridized carbons (Fsp3) is 0.333. The van der Waals surface area contributed by atoms with E-state index in [4.69, 9.17) is 0 Å². The second kappa shape index (κ2) is 2.16. The number of halogens is 1. The van der Waals surface area contributed by atoms with Crippen LogP contribution in [0.4, 0.5) is 4.39 Å². The Morgan fingerprint density at radius 3 is 3.18 bits per heavy atom. The number of carbonyl (C=O) groups is 1. The quantitative estimate of drug-likeness (QED) is 0.483. The van der Waals surface area contributed by atoms with Gasteiger partial charge in [-0.05, 0) is 0 Å². The van der Waals surface area contributed by atoms with E-state index >= 15 is 0 Å². The van der Waals surface area contributed by atoms with E-state index in [0.29, 0.717) is 11.3 Å². The van der Waals surface area contributed by atoms with Crippen LogP contribution in [-0.4, -0.2) is 37.2 Å². The van der Waals surface area contributed by atoms with Crippen LogP contribution in [0.3, 0.4) is 0 Å². The summed E-state index contributed by atoms with van der Waals surface area (Å²) in [6.07, 6.45) is 0.461. The predicted octanol–water partition coefficient (Wildman–Crippen LogP) is -0.644. The van der Waals surface area contributed by atoms with Crippen LogP contribution in [0.15, 0.2) is 6.20 Å². The van der Waals surface area contributed by atoms with Gasteiger partial charge >= 0.3 is 16.5 Å². The first-order chi connectivity index (χ1) is 5.18. The number of alkyl halides is 1. The van der Waals surface area contributed by atoms with Crippen molar-refractivity contribution in [2.24, 2.45) is 0 Å². The summed E-state index contributed by atoms with van der Waals surface area (Å²) >= 11 is 0.747. The molecule has 0 amide bonds. The van der Waals surface area contributed by atoms with Crippen molar-refractivity contribution >= 4 is 22.3 Å². The highest BCUT2D eigenvalue weighted by molar-refractivity contribution is 6.08. The van der Waals surface area contributed by atoms with Gasteiger partial charge in [-0.1, -0.05) is 0 Å². The van der Waals surface area contributed by atoms with Gasteiger partial charge in [-0.2, -0.15) is 0 Å². The first-order valence-corrected chi connectivity index (χ1v) is 4.28. The standard InChI is InChI=1S/C6H5FN2O.Al.2H/c7-4-1-5-3(6(4)10)2-8-9-5;;;/h2,4H,1H2,(H,8,9,10);;;/q;+1;;/p-1. The first kappa shape index (κ1) is 7.02. The normalized spacial score (nSPS) is 22.3. The van der Waals surface area contributed by atoms with E-state index in [1.807, 2.05) is 0 Å². The Bertz CT molecular complexity index is 322. The van der Waals surface area contributed by atoms with E-state index in [-0.39, 0.29) is 6.42 Å². The van der Waals surface area contributed by atoms with Gasteiger partial charge in [-0.15, -0.1) is 0 Å². The summed E-state index contributed by atoms with van der Waals surface area (Å²) in [7, 11) is 0. The molecule has 0 aromatic carbocycles. The molecule has 0 radical (unpaired) electrons. The lowest BCUT2D eigenvalue weighted by atomic mass is 10.2. The Labute approximate surface area is 70.8 Å². The minimum atomic E-state index is -1.34. The lowest BCUT2D eigenvalue weighted by Crippen LogP contribution is -2.10. The number of hydrogen-bond donors (Lipinski definition) is 0. The van der Waals surface area contributed by atoms with Gasteiger partial charge in [-0.3, -0.25) is 4.79 Å². The molecule has 1 aromatic heterocycles. The smallest absolute Gasteiger partial charge is 0.373 e. The second-order valence-electron chi connectivity index (χ2n) is 2.70. The molecule has 2 rings (SSSR count). The zero-order valence-corrected chi connectivity index (χ0v) is 8.04. The van der Waals surface area contributed by atoms with Crippen LogP contribution in [-0.2, 0) is 6.42 Å². The summed E-state index contributed by atoms with van der Waals surface area (Å²) in [5.74, 6) is -0.401. The number of hydrogen-bond acceptors (Lipinski definition) is 2. The lowest BCUT2D eigenvalue weighted by Gasteiger charge is -1.93. The van der Waals surface area contributed by atoms with Crippen molar-refractivity contribution in [1.82, 2.24) is 8.76 Å². The van der Waals surface area contributed by atoms with Crippen molar-refractivity contribution in [3.63, 3.8) is 0 Å². The number of ketones is 1. The molecule has 11 heavy (non-hydrogen) atoms. The Hall–Kier alpha value is -0.658. The van der Waals surface area contributed by atoms with Gasteiger partial charge in [-0.25, -0.2) is 9.49 Å². The second-order valence-corrected chi connectivity index (χ2v) is 3.62. The maximum absolute atomic E-state index is 12.7. The molecule has 0 fully saturated rings. The predicted molar refractivity (Wildman–Crippen MR) is 39.1 cm³/mol. The average molecular weight is 168 g/mol. The van der Waals surface area contributed by atoms with Gasteiger partial charge in [0.25, 0.3) is 0 Å². The molecule has 0 saturated carbocycles. The molecule has 0 spiro atoms. The Kier molecular flexibility index (Phi) is 1.38. The summed E-state index contributed by atoms with van der Waals surface area (Å²) in [4.78, 5) is 11.0. The lowest BCUT2D eigenvalue weighted by molar-refractivity contribution is 0.0898. The van der Waals surface area contributed by atoms with Crippen molar-refractivity contribution < 1.29 is 9.18 Å². The summed E-state index contributed by atoms with van der Waals surface area (Å²) < 4.78 is 14.4. The van der Waals surface area contributed by atoms with Crippen LogP contribution >= 0.6 is 0 Å². The number of carbonyl (C=O) groups excluding carboxylic acids is 1. The van der Waals surface area contributed by atoms with Crippen molar-refractivity contribution in [3.8, 4) is 0 Å². The SMILES string of the molecule is O=C1c2c[n]([AlH2])nc2CC1F. The summed E-state index contributed by atoms with van der Waals surface area (Å²) in [5, 5.41) is 4.01. The third-order valence-electron chi connectivity index (χ3n) is 1.83. The molecule has 3 nitrogen and oxygen atoms in total. The molecule has 56 valence electrons. The van der Waals surface area contributed by atoms with Crippen LogP contribution in [0.25, 0.3) is 0 Å². The van der Waals surface area contributed by atoms with Gasteiger partial charge in [0.2, 0.25) is 5.78 Å². The number of Topliss-reactive ketones (excluding diaryl/α,β-unsaturated/α-hetero) is 1. The highest BCUT2D eigenvalue weighted by Crippen LogP contribution is 2.21. The third-order valence-corrected chi connectivity index (χ3v) is 2.29. The van der Waals surface area contributed by atoms with Gasteiger partial charge in [0.05, 0.1) is 11.3 Å². The highest BCUT2D eigenvalue weighted by atomic mass is 27.1. The zero-order chi connectivity index (χ0) is 8.01. The first-order valence-electron chi connectivity index (χ1n) is 3.39. The number of rotatable bonds is 0. The highest BCUT2D eigenvalue weighted by Gasteiger charge is 2.32. The van der Waals surface area contributed by atoms with Crippen LogP contribution in [0.2, 0.25) is 0 Å². The van der Waals surface area contributed by atoms with Crippen molar-refractivity contribution in [1.29, 1.82) is 0 Å². The Morgan fingerprint density at radius 2 is 2.55 bits per heavy atom. The van der Waals surface area contributed by atoms with E-state index in [1.165, 1.54) is 0 Å². The molecule has 1 aliphatic rings. The van der Waals surface area contributed by atoms with Crippen LogP contribution in [0.1, 0.15) is 16.1 Å². The summed E-state index contributed by atoms with van der Waals surface area (Å²) in [6.45, 7) is 0. The Morgan fingerprint density at radius 1 is 1.82 bits per heavy atom. The molecule has 5 heteroatoms. The maximum atomic E-state index is 12.7. The minimum absolute atomic E-state index is 0.170. The number of aromatic nitrogens is 2. The topological polar surface area (TPSA) is 34.9 Å². The van der Waals surface area contributed by atoms with Gasteiger partial charge in [0.15, 0.2) is 6.17 Å². The molecular formula is C6H6AlFN2O. The van der Waals surface area contributed by atoms with Crippen LogP contribution in [0, 0.1) is 0 Å². The monoisotopic (exact) mass is 168 g/mol. The average Bonchev–Trinajstić information content (AvgIpc) is 2.37. The van der Waals surface area contributed by atoms with Crippen molar-refractivity contribution in [2.45, 2.75) is 12.6 Å². The largest absolute Gasteiger partial charge is 0.397 e. The molecule has 1 aliphatic carbocycles. The summed E-state index contributed by atoms with van der Waals surface area (Å²) in [5.41, 5.74) is 1.10. The van der Waals surface area contributed by atoms with E-state index in [2.05, 4.69) is 5.10 Å². The zero-order valence-electron chi connectivity index (χ0n) is 6.04. The molecule has 1 atom stereocenters. The fourth-order valence-corrected chi connectivity index (χ4v) is 1.82. The number of fused-ring (bicyclic) bond motifs is 1. The van der Waals surface area contributed by atoms with Gasteiger partial charge < -0.3 is 3.67 Å². The van der Waals surface area contributed by atoms with Gasteiger partial charge in [0.1, 0.15) is 0 Å². The number of nitrogens with zero attached hydrogens (tertiary/aromatic N) is 2. The van der Waals surface area contributed by atoms with Gasteiger partial charge in [0, 0.05) is 12.6 Å². The molecular weight excluding hydrogens is 162 g/mol. The molecule has 0 saturated heterocycles.